The van der Waals surface area contributed by atoms with Gasteiger partial charge in [-0.1, -0.05) is 11.6 Å². The topological polar surface area (TPSA) is 55.6 Å². The molecule has 3 heterocycles. The van der Waals surface area contributed by atoms with Crippen molar-refractivity contribution in [1.82, 2.24) is 19.7 Å². The molecule has 0 bridgehead atoms. The van der Waals surface area contributed by atoms with E-state index >= 15 is 0 Å². The van der Waals surface area contributed by atoms with Crippen molar-refractivity contribution in [2.24, 2.45) is 0 Å². The summed E-state index contributed by atoms with van der Waals surface area (Å²) in [6.45, 7) is 0.670. The SMILES string of the molecule is Clc1sc(CNc2cccnc2-n2cncn2)cc1Br. The highest BCUT2D eigenvalue weighted by atomic mass is 79.9. The van der Waals surface area contributed by atoms with E-state index in [4.69, 9.17) is 11.6 Å². The van der Waals surface area contributed by atoms with Crippen molar-refractivity contribution in [2.45, 2.75) is 6.54 Å². The maximum atomic E-state index is 6.03. The smallest absolute Gasteiger partial charge is 0.178 e. The molecule has 3 aromatic heterocycles. The van der Waals surface area contributed by atoms with Crippen LogP contribution in [0.5, 0.6) is 0 Å². The Labute approximate surface area is 132 Å². The van der Waals surface area contributed by atoms with Gasteiger partial charge in [0.15, 0.2) is 5.82 Å². The first-order valence-electron chi connectivity index (χ1n) is 5.71. The molecule has 8 heteroatoms. The van der Waals surface area contributed by atoms with Gasteiger partial charge in [-0.2, -0.15) is 5.10 Å². The zero-order chi connectivity index (χ0) is 13.9. The fraction of sp³-hybridized carbons (Fsp3) is 0.0833. The van der Waals surface area contributed by atoms with Gasteiger partial charge in [-0.25, -0.2) is 14.6 Å². The third-order valence-corrected chi connectivity index (χ3v) is 5.05. The molecule has 5 nitrogen and oxygen atoms in total. The fourth-order valence-corrected chi connectivity index (χ4v) is 3.43. The summed E-state index contributed by atoms with van der Waals surface area (Å²) in [6, 6.07) is 5.83. The monoisotopic (exact) mass is 369 g/mol. The number of thiophene rings is 1. The van der Waals surface area contributed by atoms with Crippen LogP contribution in [0.2, 0.25) is 4.34 Å². The van der Waals surface area contributed by atoms with Gasteiger partial charge in [-0.3, -0.25) is 0 Å². The van der Waals surface area contributed by atoms with E-state index in [0.717, 1.165) is 19.4 Å². The molecule has 3 aromatic rings. The van der Waals surface area contributed by atoms with Gasteiger partial charge in [0.25, 0.3) is 0 Å². The third kappa shape index (κ3) is 2.84. The zero-order valence-corrected chi connectivity index (χ0v) is 13.3. The molecule has 0 aliphatic rings. The molecule has 0 radical (unpaired) electrons. The van der Waals surface area contributed by atoms with Crippen LogP contribution in [0.4, 0.5) is 5.69 Å². The Morgan fingerprint density at radius 1 is 1.45 bits per heavy atom. The van der Waals surface area contributed by atoms with Crippen LogP contribution in [0.3, 0.4) is 0 Å². The van der Waals surface area contributed by atoms with E-state index in [1.807, 2.05) is 18.2 Å². The quantitative estimate of drug-likeness (QED) is 0.760. The molecule has 0 amide bonds. The summed E-state index contributed by atoms with van der Waals surface area (Å²) in [6.07, 6.45) is 4.82. The van der Waals surface area contributed by atoms with Gasteiger partial charge >= 0.3 is 0 Å². The van der Waals surface area contributed by atoms with Crippen molar-refractivity contribution in [3.05, 3.63) is 50.7 Å². The van der Waals surface area contributed by atoms with E-state index in [2.05, 4.69) is 36.3 Å². The van der Waals surface area contributed by atoms with E-state index in [-0.39, 0.29) is 0 Å². The lowest BCUT2D eigenvalue weighted by atomic mass is 10.3. The number of nitrogens with zero attached hydrogens (tertiary/aromatic N) is 4. The van der Waals surface area contributed by atoms with E-state index in [1.54, 1.807) is 17.2 Å². The number of halogens is 2. The Balaban J connectivity index is 1.81. The van der Waals surface area contributed by atoms with Crippen molar-refractivity contribution < 1.29 is 0 Å². The molecule has 3 rings (SSSR count). The number of aromatic nitrogens is 4. The number of pyridine rings is 1. The van der Waals surface area contributed by atoms with Crippen LogP contribution in [0, 0.1) is 0 Å². The molecule has 0 aromatic carbocycles. The van der Waals surface area contributed by atoms with Crippen LogP contribution in [0.25, 0.3) is 5.82 Å². The maximum absolute atomic E-state index is 6.03. The predicted molar refractivity (Wildman–Crippen MR) is 83.5 cm³/mol. The predicted octanol–water partition coefficient (Wildman–Crippen LogP) is 3.75. The number of hydrogen-bond acceptors (Lipinski definition) is 5. The molecule has 0 unspecified atom stereocenters. The second kappa shape index (κ2) is 5.90. The van der Waals surface area contributed by atoms with E-state index in [1.165, 1.54) is 17.7 Å². The van der Waals surface area contributed by atoms with Gasteiger partial charge in [-0.15, -0.1) is 11.3 Å². The van der Waals surface area contributed by atoms with Crippen molar-refractivity contribution >= 4 is 44.6 Å². The molecule has 0 aliphatic heterocycles. The summed E-state index contributed by atoms with van der Waals surface area (Å²) in [5.41, 5.74) is 0.888. The Bertz CT molecular complexity index is 693. The molecule has 1 N–H and O–H groups in total. The van der Waals surface area contributed by atoms with Crippen molar-refractivity contribution in [1.29, 1.82) is 0 Å². The first kappa shape index (κ1) is 13.5. The van der Waals surface area contributed by atoms with Gasteiger partial charge in [0.05, 0.1) is 5.69 Å². The van der Waals surface area contributed by atoms with Crippen LogP contribution in [-0.2, 0) is 6.54 Å². The van der Waals surface area contributed by atoms with Gasteiger partial charge in [0, 0.05) is 22.1 Å². The number of hydrogen-bond donors (Lipinski definition) is 1. The standard InChI is InChI=1S/C12H9BrClN5S/c13-9-4-8(20-11(9)14)5-17-10-2-1-3-16-12(10)19-7-15-6-18-19/h1-4,6-7,17H,5H2. The lowest BCUT2D eigenvalue weighted by Crippen LogP contribution is -2.05. The summed E-state index contributed by atoms with van der Waals surface area (Å²) in [5.74, 6) is 0.715. The maximum Gasteiger partial charge on any atom is 0.178 e. The average molecular weight is 371 g/mol. The zero-order valence-electron chi connectivity index (χ0n) is 10.1. The molecule has 0 fully saturated rings. The molecule has 102 valence electrons. The van der Waals surface area contributed by atoms with Crippen molar-refractivity contribution in [3.63, 3.8) is 0 Å². The molecule has 0 spiro atoms. The highest BCUT2D eigenvalue weighted by Gasteiger charge is 2.08. The fourth-order valence-electron chi connectivity index (χ4n) is 1.70. The first-order chi connectivity index (χ1) is 9.74. The highest BCUT2D eigenvalue weighted by Crippen LogP contribution is 2.32. The van der Waals surface area contributed by atoms with E-state index in [0.29, 0.717) is 12.4 Å². The Morgan fingerprint density at radius 2 is 2.35 bits per heavy atom. The lowest BCUT2D eigenvalue weighted by Gasteiger charge is -2.09. The molecule has 0 aliphatic carbocycles. The lowest BCUT2D eigenvalue weighted by molar-refractivity contribution is 0.845. The minimum absolute atomic E-state index is 0.670. The van der Waals surface area contributed by atoms with Gasteiger partial charge in [0.1, 0.15) is 17.0 Å². The minimum atomic E-state index is 0.670. The van der Waals surface area contributed by atoms with Gasteiger partial charge in [-0.05, 0) is 34.1 Å². The van der Waals surface area contributed by atoms with Crippen LogP contribution in [0.15, 0.2) is 41.5 Å². The summed E-state index contributed by atoms with van der Waals surface area (Å²) >= 11 is 11.0. The normalized spacial score (nSPS) is 10.7. The van der Waals surface area contributed by atoms with E-state index < -0.39 is 0 Å². The van der Waals surface area contributed by atoms with Crippen LogP contribution in [0.1, 0.15) is 4.88 Å². The molecule has 0 saturated carbocycles. The second-order valence-corrected chi connectivity index (χ2v) is 6.50. The second-order valence-electron chi connectivity index (χ2n) is 3.90. The minimum Gasteiger partial charge on any atom is -0.377 e. The number of nitrogens with one attached hydrogen (secondary N) is 1. The molecule has 0 saturated heterocycles. The van der Waals surface area contributed by atoms with Crippen molar-refractivity contribution in [3.8, 4) is 5.82 Å². The first-order valence-corrected chi connectivity index (χ1v) is 7.70. The summed E-state index contributed by atoms with van der Waals surface area (Å²) in [4.78, 5) is 9.39. The van der Waals surface area contributed by atoms with Crippen LogP contribution < -0.4 is 5.32 Å². The largest absolute Gasteiger partial charge is 0.377 e. The Hall–Kier alpha value is -1.44. The van der Waals surface area contributed by atoms with E-state index in [9.17, 15) is 0 Å². The van der Waals surface area contributed by atoms with Crippen molar-refractivity contribution in [2.75, 3.05) is 5.32 Å². The Morgan fingerprint density at radius 3 is 3.05 bits per heavy atom. The molecular formula is C12H9BrClN5S. The summed E-state index contributed by atoms with van der Waals surface area (Å²) in [5, 5.41) is 7.44. The Kier molecular flexibility index (Phi) is 4.00. The molecular weight excluding hydrogens is 362 g/mol. The van der Waals surface area contributed by atoms with Gasteiger partial charge in [0.2, 0.25) is 0 Å². The molecule has 20 heavy (non-hydrogen) atoms. The highest BCUT2D eigenvalue weighted by molar-refractivity contribution is 9.10. The van der Waals surface area contributed by atoms with Gasteiger partial charge < -0.3 is 5.32 Å². The number of anilines is 1. The summed E-state index contributed by atoms with van der Waals surface area (Å²) in [7, 11) is 0. The summed E-state index contributed by atoms with van der Waals surface area (Å²) < 4.78 is 3.30. The van der Waals surface area contributed by atoms with Crippen LogP contribution in [-0.4, -0.2) is 19.7 Å². The van der Waals surface area contributed by atoms with Crippen LogP contribution >= 0.6 is 38.9 Å². The number of rotatable bonds is 4. The third-order valence-electron chi connectivity index (χ3n) is 2.57. The average Bonchev–Trinajstić information content (AvgIpc) is 3.08. The molecule has 0 atom stereocenters.